The molecular weight excluding hydrogens is 382 g/mol. The maximum atomic E-state index is 12.6. The summed E-state index contributed by atoms with van der Waals surface area (Å²) >= 11 is 11.4. The van der Waals surface area contributed by atoms with Gasteiger partial charge in [0.1, 0.15) is 9.36 Å². The van der Waals surface area contributed by atoms with Crippen molar-refractivity contribution in [2.45, 2.75) is 6.18 Å². The first-order chi connectivity index (χ1) is 10.6. The number of nitrogens with zero attached hydrogens (tertiary/aromatic N) is 2. The fourth-order valence-electron chi connectivity index (χ4n) is 1.49. The number of halogens is 5. The van der Waals surface area contributed by atoms with E-state index in [1.54, 1.807) is 0 Å². The van der Waals surface area contributed by atoms with E-state index in [4.69, 9.17) is 23.2 Å². The second kappa shape index (κ2) is 6.30. The zero-order valence-electron chi connectivity index (χ0n) is 10.6. The highest BCUT2D eigenvalue weighted by Gasteiger charge is 2.37. The molecule has 0 spiro atoms. The Hall–Kier alpha value is -1.91. The topological polar surface area (TPSA) is 85.1 Å². The lowest BCUT2D eigenvalue weighted by atomic mass is 10.2. The smallest absolute Gasteiger partial charge is 0.298 e. The number of nitro benzene ring substituents is 1. The summed E-state index contributed by atoms with van der Waals surface area (Å²) in [6.45, 7) is 0. The van der Waals surface area contributed by atoms with Crippen LogP contribution in [0.5, 0.6) is 0 Å². The Balaban J connectivity index is 2.26. The molecular formula is C11H4Cl2F3N3O3S. The van der Waals surface area contributed by atoms with Gasteiger partial charge < -0.3 is 0 Å². The number of amides is 1. The minimum atomic E-state index is -4.75. The fourth-order valence-corrected chi connectivity index (χ4v) is 2.76. The van der Waals surface area contributed by atoms with E-state index in [2.05, 4.69) is 10.3 Å². The van der Waals surface area contributed by atoms with Gasteiger partial charge in [0.25, 0.3) is 11.6 Å². The molecule has 0 unspecified atom stereocenters. The first-order valence-electron chi connectivity index (χ1n) is 5.58. The number of benzene rings is 1. The summed E-state index contributed by atoms with van der Waals surface area (Å²) < 4.78 is 37.1. The average Bonchev–Trinajstić information content (AvgIpc) is 2.79. The van der Waals surface area contributed by atoms with Crippen LogP contribution in [0.25, 0.3) is 0 Å². The number of alkyl halides is 3. The van der Waals surface area contributed by atoms with Gasteiger partial charge in [0.15, 0.2) is 10.8 Å². The normalized spacial score (nSPS) is 11.3. The first-order valence-corrected chi connectivity index (χ1v) is 7.15. The van der Waals surface area contributed by atoms with Gasteiger partial charge in [-0.1, -0.05) is 34.5 Å². The Morgan fingerprint density at radius 2 is 2.00 bits per heavy atom. The van der Waals surface area contributed by atoms with Gasteiger partial charge in [-0.05, 0) is 12.1 Å². The average molecular weight is 386 g/mol. The lowest BCUT2D eigenvalue weighted by Crippen LogP contribution is -2.13. The molecule has 0 fully saturated rings. The highest BCUT2D eigenvalue weighted by Crippen LogP contribution is 2.39. The number of carbonyl (C=O) groups is 1. The predicted molar refractivity (Wildman–Crippen MR) is 78.2 cm³/mol. The molecule has 1 aromatic heterocycles. The Bertz CT molecular complexity index is 795. The SMILES string of the molecule is O=C(Nc1nc(C(F)(F)F)c(Cl)s1)c1ccc(Cl)c([N+](=O)[O-])c1. The van der Waals surface area contributed by atoms with Crippen molar-refractivity contribution in [1.82, 2.24) is 4.98 Å². The third-order valence-electron chi connectivity index (χ3n) is 2.48. The molecule has 0 saturated carbocycles. The van der Waals surface area contributed by atoms with Gasteiger partial charge in [0.2, 0.25) is 0 Å². The molecule has 0 atom stereocenters. The number of hydrogen-bond donors (Lipinski definition) is 1. The van der Waals surface area contributed by atoms with Crippen LogP contribution in [-0.2, 0) is 6.18 Å². The van der Waals surface area contributed by atoms with Crippen molar-refractivity contribution in [2.24, 2.45) is 0 Å². The number of hydrogen-bond acceptors (Lipinski definition) is 5. The zero-order valence-corrected chi connectivity index (χ0v) is 13.0. The molecule has 122 valence electrons. The number of nitrogens with one attached hydrogen (secondary N) is 1. The third kappa shape index (κ3) is 3.89. The van der Waals surface area contributed by atoms with Crippen LogP contribution in [-0.4, -0.2) is 15.8 Å². The second-order valence-corrected chi connectivity index (χ2v) is 6.02. The predicted octanol–water partition coefficient (Wildman–Crippen LogP) is 4.63. The van der Waals surface area contributed by atoms with E-state index in [0.717, 1.165) is 12.1 Å². The number of anilines is 1. The van der Waals surface area contributed by atoms with Crippen molar-refractivity contribution < 1.29 is 22.9 Å². The van der Waals surface area contributed by atoms with Gasteiger partial charge in [-0.2, -0.15) is 13.2 Å². The molecule has 2 rings (SSSR count). The van der Waals surface area contributed by atoms with Crippen LogP contribution in [0.3, 0.4) is 0 Å². The minimum Gasteiger partial charge on any atom is -0.298 e. The van der Waals surface area contributed by atoms with Gasteiger partial charge in [-0.15, -0.1) is 0 Å². The van der Waals surface area contributed by atoms with Gasteiger partial charge in [-0.25, -0.2) is 4.98 Å². The van der Waals surface area contributed by atoms with Crippen molar-refractivity contribution in [1.29, 1.82) is 0 Å². The standard InChI is InChI=1S/C11H4Cl2F3N3O3S/c12-5-2-1-4(3-6(5)19(21)22)9(20)18-10-17-7(8(13)23-10)11(14,15)16/h1-3H,(H,17,18,20). The number of rotatable bonds is 3. The Labute approximate surface area is 140 Å². The minimum absolute atomic E-state index is 0.166. The molecule has 0 aliphatic rings. The largest absolute Gasteiger partial charge is 0.435 e. The lowest BCUT2D eigenvalue weighted by Gasteiger charge is -2.03. The molecule has 12 heteroatoms. The molecule has 0 saturated heterocycles. The number of carbonyl (C=O) groups excluding carboxylic acids is 1. The molecule has 0 aliphatic carbocycles. The Morgan fingerprint density at radius 3 is 2.52 bits per heavy atom. The summed E-state index contributed by atoms with van der Waals surface area (Å²) in [5.74, 6) is -0.885. The Morgan fingerprint density at radius 1 is 1.35 bits per heavy atom. The van der Waals surface area contributed by atoms with Crippen LogP contribution < -0.4 is 5.32 Å². The quantitative estimate of drug-likeness (QED) is 0.616. The first kappa shape index (κ1) is 17.4. The summed E-state index contributed by atoms with van der Waals surface area (Å²) in [5, 5.41) is 12.3. The molecule has 1 aromatic carbocycles. The molecule has 1 amide bonds. The van der Waals surface area contributed by atoms with E-state index in [-0.39, 0.29) is 15.7 Å². The molecule has 0 bridgehead atoms. The van der Waals surface area contributed by atoms with E-state index in [9.17, 15) is 28.1 Å². The monoisotopic (exact) mass is 385 g/mol. The molecule has 23 heavy (non-hydrogen) atoms. The molecule has 0 radical (unpaired) electrons. The molecule has 1 heterocycles. The van der Waals surface area contributed by atoms with Crippen molar-refractivity contribution in [3.63, 3.8) is 0 Å². The summed E-state index contributed by atoms with van der Waals surface area (Å²) in [6.07, 6.45) is -4.75. The lowest BCUT2D eigenvalue weighted by molar-refractivity contribution is -0.384. The summed E-state index contributed by atoms with van der Waals surface area (Å²) in [6, 6.07) is 3.21. The van der Waals surface area contributed by atoms with E-state index >= 15 is 0 Å². The van der Waals surface area contributed by atoms with Gasteiger partial charge in [0.05, 0.1) is 4.92 Å². The van der Waals surface area contributed by atoms with Crippen LogP contribution in [0.15, 0.2) is 18.2 Å². The van der Waals surface area contributed by atoms with Crippen molar-refractivity contribution in [2.75, 3.05) is 5.32 Å². The van der Waals surface area contributed by atoms with E-state index < -0.39 is 32.7 Å². The van der Waals surface area contributed by atoms with E-state index in [1.165, 1.54) is 6.07 Å². The van der Waals surface area contributed by atoms with Crippen molar-refractivity contribution >= 4 is 51.3 Å². The molecule has 0 aliphatic heterocycles. The van der Waals surface area contributed by atoms with Crippen LogP contribution in [0, 0.1) is 10.1 Å². The second-order valence-electron chi connectivity index (χ2n) is 4.02. The number of thiazole rings is 1. The van der Waals surface area contributed by atoms with Crippen molar-refractivity contribution in [3.8, 4) is 0 Å². The van der Waals surface area contributed by atoms with E-state index in [0.29, 0.717) is 11.3 Å². The summed E-state index contributed by atoms with van der Waals surface area (Å²) in [5.41, 5.74) is -1.99. The molecule has 1 N–H and O–H groups in total. The number of aromatic nitrogens is 1. The van der Waals surface area contributed by atoms with Crippen LogP contribution in [0.4, 0.5) is 24.0 Å². The van der Waals surface area contributed by atoms with Crippen LogP contribution in [0.2, 0.25) is 9.36 Å². The van der Waals surface area contributed by atoms with Gasteiger partial charge in [-0.3, -0.25) is 20.2 Å². The zero-order chi connectivity index (χ0) is 17.4. The summed E-state index contributed by atoms with van der Waals surface area (Å²) in [7, 11) is 0. The van der Waals surface area contributed by atoms with Gasteiger partial charge in [0, 0.05) is 11.6 Å². The highest BCUT2D eigenvalue weighted by atomic mass is 35.5. The molecule has 2 aromatic rings. The third-order valence-corrected chi connectivity index (χ3v) is 3.97. The molecule has 6 nitrogen and oxygen atoms in total. The Kier molecular flexibility index (Phi) is 4.78. The van der Waals surface area contributed by atoms with E-state index in [1.807, 2.05) is 0 Å². The van der Waals surface area contributed by atoms with Gasteiger partial charge >= 0.3 is 6.18 Å². The number of nitro groups is 1. The van der Waals surface area contributed by atoms with Crippen molar-refractivity contribution in [3.05, 3.63) is 48.9 Å². The fraction of sp³-hybridized carbons (Fsp3) is 0.0909. The maximum absolute atomic E-state index is 12.6. The highest BCUT2D eigenvalue weighted by molar-refractivity contribution is 7.19. The van der Waals surface area contributed by atoms with Crippen LogP contribution >= 0.6 is 34.5 Å². The maximum Gasteiger partial charge on any atom is 0.435 e. The summed E-state index contributed by atoms with van der Waals surface area (Å²) in [4.78, 5) is 25.1. The van der Waals surface area contributed by atoms with Crippen LogP contribution in [0.1, 0.15) is 16.1 Å².